The number of benzene rings is 2. The molecular weight excluding hydrogens is 367 g/mol. The lowest BCUT2D eigenvalue weighted by atomic mass is 9.89. The molecule has 0 spiro atoms. The predicted octanol–water partition coefficient (Wildman–Crippen LogP) is 5.47. The molecule has 1 saturated heterocycles. The highest BCUT2D eigenvalue weighted by Gasteiger charge is 2.27. The number of carbonyl (C=O) groups is 1. The first-order valence-electron chi connectivity index (χ1n) is 10.2. The van der Waals surface area contributed by atoms with Gasteiger partial charge in [-0.15, -0.1) is 0 Å². The molecule has 148 valence electrons. The van der Waals surface area contributed by atoms with Gasteiger partial charge in [0.1, 0.15) is 11.4 Å². The Morgan fingerprint density at radius 3 is 2.86 bits per heavy atom. The van der Waals surface area contributed by atoms with Gasteiger partial charge >= 0.3 is 0 Å². The number of hydrogen-bond donors (Lipinski definition) is 1. The van der Waals surface area contributed by atoms with Crippen LogP contribution in [0.5, 0.6) is 0 Å². The van der Waals surface area contributed by atoms with Crippen LogP contribution in [0.25, 0.3) is 16.5 Å². The second-order valence-corrected chi connectivity index (χ2v) is 7.90. The number of furan rings is 1. The first kappa shape index (κ1) is 18.1. The number of nitrogens with one attached hydrogen (secondary N) is 1. The molecule has 1 amide bonds. The second-order valence-electron chi connectivity index (χ2n) is 7.90. The summed E-state index contributed by atoms with van der Waals surface area (Å²) in [4.78, 5) is 15.0. The zero-order chi connectivity index (χ0) is 19.8. The Morgan fingerprint density at radius 2 is 2.00 bits per heavy atom. The van der Waals surface area contributed by atoms with Crippen molar-refractivity contribution in [1.82, 2.24) is 4.90 Å². The van der Waals surface area contributed by atoms with E-state index in [1.807, 2.05) is 24.5 Å². The van der Waals surface area contributed by atoms with Crippen LogP contribution in [-0.4, -0.2) is 29.9 Å². The second kappa shape index (κ2) is 7.48. The predicted molar refractivity (Wildman–Crippen MR) is 112 cm³/mol. The maximum atomic E-state index is 13.1. The molecule has 0 bridgehead atoms. The van der Waals surface area contributed by atoms with Gasteiger partial charge in [0.05, 0.1) is 6.26 Å². The molecule has 1 aromatic heterocycles. The smallest absolute Gasteiger partial charge is 0.255 e. The molecule has 2 aliphatic heterocycles. The van der Waals surface area contributed by atoms with Gasteiger partial charge in [-0.2, -0.15) is 0 Å². The fraction of sp³-hybridized carbons (Fsp3) is 0.292. The van der Waals surface area contributed by atoms with Gasteiger partial charge in [-0.3, -0.25) is 9.69 Å². The summed E-state index contributed by atoms with van der Waals surface area (Å²) < 4.78 is 18.9. The largest absolute Gasteiger partial charge is 0.464 e. The topological polar surface area (TPSA) is 45.5 Å². The Labute approximate surface area is 169 Å². The third-order valence-corrected chi connectivity index (χ3v) is 6.06. The van der Waals surface area contributed by atoms with Crippen LogP contribution in [0.1, 0.15) is 41.6 Å². The van der Waals surface area contributed by atoms with E-state index in [2.05, 4.69) is 16.3 Å². The molecule has 2 aliphatic rings. The maximum Gasteiger partial charge on any atom is 0.255 e. The van der Waals surface area contributed by atoms with Gasteiger partial charge in [0, 0.05) is 34.8 Å². The van der Waals surface area contributed by atoms with Crippen molar-refractivity contribution in [2.24, 2.45) is 0 Å². The molecule has 1 fully saturated rings. The molecule has 0 saturated carbocycles. The van der Waals surface area contributed by atoms with Crippen LogP contribution in [0.4, 0.5) is 10.1 Å². The molecule has 5 rings (SSSR count). The lowest BCUT2D eigenvalue weighted by Crippen LogP contribution is -2.41. The van der Waals surface area contributed by atoms with Crippen LogP contribution in [-0.2, 0) is 0 Å². The van der Waals surface area contributed by atoms with Gasteiger partial charge in [0.25, 0.3) is 5.91 Å². The van der Waals surface area contributed by atoms with E-state index in [0.29, 0.717) is 17.3 Å². The summed E-state index contributed by atoms with van der Waals surface area (Å²) >= 11 is 0. The third kappa shape index (κ3) is 3.58. The summed E-state index contributed by atoms with van der Waals surface area (Å²) in [5, 5.41) is 3.92. The number of amides is 1. The van der Waals surface area contributed by atoms with Gasteiger partial charge < -0.3 is 9.73 Å². The number of hydrogen-bond acceptors (Lipinski definition) is 3. The minimum absolute atomic E-state index is 0.260. The molecule has 1 unspecified atom stereocenters. The Kier molecular flexibility index (Phi) is 4.68. The first-order valence-corrected chi connectivity index (χ1v) is 10.2. The molecule has 5 heteroatoms. The fourth-order valence-electron chi connectivity index (χ4n) is 4.48. The van der Waals surface area contributed by atoms with Gasteiger partial charge in [-0.05, 0) is 73.8 Å². The van der Waals surface area contributed by atoms with Gasteiger partial charge in [-0.1, -0.05) is 12.5 Å². The third-order valence-electron chi connectivity index (χ3n) is 6.06. The van der Waals surface area contributed by atoms with E-state index in [0.717, 1.165) is 29.5 Å². The van der Waals surface area contributed by atoms with Gasteiger partial charge in [0.15, 0.2) is 0 Å². The van der Waals surface area contributed by atoms with Crippen LogP contribution in [0.3, 0.4) is 0 Å². The Balaban J connectivity index is 1.41. The van der Waals surface area contributed by atoms with Crippen molar-refractivity contribution in [3.8, 4) is 0 Å². The minimum Gasteiger partial charge on any atom is -0.464 e. The Bertz CT molecular complexity index is 1080. The van der Waals surface area contributed by atoms with Crippen molar-refractivity contribution in [3.63, 3.8) is 0 Å². The Morgan fingerprint density at radius 1 is 1.14 bits per heavy atom. The standard InChI is InChI=1S/C24H23FN2O2/c25-18-6-4-16(5-7-18)24(28)26-19-8-9-23-21(14-19)22(15-29-23)17-10-12-27-11-2-1-3-20(27)13-17/h4-10,14-15,20H,1-3,11-13H2,(H,26,28). The monoisotopic (exact) mass is 390 g/mol. The Hall–Kier alpha value is -2.92. The quantitative estimate of drug-likeness (QED) is 0.645. The summed E-state index contributed by atoms with van der Waals surface area (Å²) in [5.41, 5.74) is 4.38. The van der Waals surface area contributed by atoms with E-state index in [-0.39, 0.29) is 11.7 Å². The van der Waals surface area contributed by atoms with Crippen molar-refractivity contribution < 1.29 is 13.6 Å². The normalized spacial score (nSPS) is 19.6. The zero-order valence-electron chi connectivity index (χ0n) is 16.2. The molecule has 0 radical (unpaired) electrons. The lowest BCUT2D eigenvalue weighted by Gasteiger charge is -2.38. The molecule has 4 nitrogen and oxygen atoms in total. The molecular formula is C24H23FN2O2. The van der Waals surface area contributed by atoms with Crippen molar-refractivity contribution in [2.45, 2.75) is 31.7 Å². The number of nitrogens with zero attached hydrogens (tertiary/aromatic N) is 1. The van der Waals surface area contributed by atoms with E-state index in [9.17, 15) is 9.18 Å². The number of halogens is 1. The number of fused-ring (bicyclic) bond motifs is 2. The zero-order valence-corrected chi connectivity index (χ0v) is 16.2. The average Bonchev–Trinajstić information content (AvgIpc) is 3.17. The van der Waals surface area contributed by atoms with E-state index >= 15 is 0 Å². The number of piperidine rings is 1. The maximum absolute atomic E-state index is 13.1. The molecule has 0 aliphatic carbocycles. The molecule has 3 heterocycles. The SMILES string of the molecule is O=C(Nc1ccc2occ(C3=CCN4CCCCC4C3)c2c1)c1ccc(F)cc1. The number of carbonyl (C=O) groups excluding carboxylic acids is 1. The van der Waals surface area contributed by atoms with E-state index in [1.54, 1.807) is 0 Å². The number of rotatable bonds is 3. The summed E-state index contributed by atoms with van der Waals surface area (Å²) in [6.45, 7) is 2.19. The van der Waals surface area contributed by atoms with E-state index in [4.69, 9.17) is 4.42 Å². The van der Waals surface area contributed by atoms with Crippen LogP contribution >= 0.6 is 0 Å². The summed E-state index contributed by atoms with van der Waals surface area (Å²) in [5.74, 6) is -0.618. The molecule has 1 atom stereocenters. The van der Waals surface area contributed by atoms with E-state index < -0.39 is 0 Å². The van der Waals surface area contributed by atoms with Crippen LogP contribution < -0.4 is 5.32 Å². The van der Waals surface area contributed by atoms with Gasteiger partial charge in [-0.25, -0.2) is 4.39 Å². The molecule has 2 aromatic carbocycles. The highest BCUT2D eigenvalue weighted by Crippen LogP contribution is 2.36. The lowest BCUT2D eigenvalue weighted by molar-refractivity contribution is 0.102. The molecule has 1 N–H and O–H groups in total. The van der Waals surface area contributed by atoms with Crippen LogP contribution in [0.15, 0.2) is 59.2 Å². The summed E-state index contributed by atoms with van der Waals surface area (Å²) in [6.07, 6.45) is 9.05. The van der Waals surface area contributed by atoms with Gasteiger partial charge in [0.2, 0.25) is 0 Å². The van der Waals surface area contributed by atoms with E-state index in [1.165, 1.54) is 55.6 Å². The molecule has 3 aromatic rings. The first-order chi connectivity index (χ1) is 14.2. The van der Waals surface area contributed by atoms with Crippen molar-refractivity contribution in [3.05, 3.63) is 71.7 Å². The van der Waals surface area contributed by atoms with Crippen molar-refractivity contribution >= 4 is 28.1 Å². The fourth-order valence-corrected chi connectivity index (χ4v) is 4.48. The highest BCUT2D eigenvalue weighted by atomic mass is 19.1. The van der Waals surface area contributed by atoms with Crippen LogP contribution in [0.2, 0.25) is 0 Å². The highest BCUT2D eigenvalue weighted by molar-refractivity contribution is 6.05. The van der Waals surface area contributed by atoms with Crippen molar-refractivity contribution in [1.29, 1.82) is 0 Å². The average molecular weight is 390 g/mol. The van der Waals surface area contributed by atoms with Crippen LogP contribution in [0, 0.1) is 5.82 Å². The molecule has 29 heavy (non-hydrogen) atoms. The van der Waals surface area contributed by atoms with Crippen molar-refractivity contribution in [2.75, 3.05) is 18.4 Å². The number of anilines is 1. The minimum atomic E-state index is -0.358. The summed E-state index contributed by atoms with van der Waals surface area (Å²) in [7, 11) is 0. The summed E-state index contributed by atoms with van der Waals surface area (Å²) in [6, 6.07) is 11.8.